The lowest BCUT2D eigenvalue weighted by molar-refractivity contribution is -0.143. The van der Waals surface area contributed by atoms with Crippen molar-refractivity contribution < 1.29 is 43.4 Å². The molecule has 11 nitrogen and oxygen atoms in total. The summed E-state index contributed by atoms with van der Waals surface area (Å²) in [6.07, 6.45) is 1.66. The third-order valence-corrected chi connectivity index (χ3v) is 3.87. The second-order valence-electron chi connectivity index (χ2n) is 4.76. The molecule has 0 spiro atoms. The Morgan fingerprint density at radius 1 is 1.00 bits per heavy atom. The van der Waals surface area contributed by atoms with Gasteiger partial charge in [-0.15, -0.1) is 0 Å². The average Bonchev–Trinajstić information content (AvgIpc) is 2.34. The highest BCUT2D eigenvalue weighted by Gasteiger charge is 2.25. The van der Waals surface area contributed by atoms with E-state index in [1.165, 1.54) is 4.90 Å². The van der Waals surface area contributed by atoms with Gasteiger partial charge >= 0.3 is 21.2 Å². The van der Waals surface area contributed by atoms with Crippen LogP contribution in [0.4, 0.5) is 0 Å². The molecule has 0 bridgehead atoms. The van der Waals surface area contributed by atoms with Gasteiger partial charge in [-0.2, -0.15) is 0 Å². The summed E-state index contributed by atoms with van der Waals surface area (Å²) in [5.74, 6) is -0.873. The van der Waals surface area contributed by atoms with E-state index in [-0.39, 0.29) is 25.9 Å². The lowest BCUT2D eigenvalue weighted by atomic mass is 10.1. The van der Waals surface area contributed by atoms with Crippen LogP contribution in [0.15, 0.2) is 23.8 Å². The van der Waals surface area contributed by atoms with Gasteiger partial charge in [0.05, 0.1) is 0 Å². The number of carboxylic acids is 1. The van der Waals surface area contributed by atoms with Crippen LogP contribution < -0.4 is 5.73 Å². The van der Waals surface area contributed by atoms with E-state index in [1.807, 2.05) is 0 Å². The second-order valence-corrected chi connectivity index (χ2v) is 7.71. The number of carboxylic acid groups (broad SMARTS) is 1. The predicted molar refractivity (Wildman–Crippen MR) is 83.8 cm³/mol. The predicted octanol–water partition coefficient (Wildman–Crippen LogP) is -0.610. The third-order valence-electron chi connectivity index (χ3n) is 2.67. The van der Waals surface area contributed by atoms with Crippen LogP contribution in [-0.4, -0.2) is 60.6 Å². The number of nitrogens with zero attached hydrogens (tertiary/aromatic N) is 1. The fourth-order valence-corrected chi connectivity index (χ4v) is 2.45. The maximum atomic E-state index is 11.3. The van der Waals surface area contributed by atoms with Crippen molar-refractivity contribution in [3.63, 3.8) is 0 Å². The molecule has 0 rings (SSSR count). The number of amides is 1. The van der Waals surface area contributed by atoms with E-state index in [2.05, 4.69) is 0 Å². The van der Waals surface area contributed by atoms with Crippen LogP contribution in [0.1, 0.15) is 12.8 Å². The van der Waals surface area contributed by atoms with Crippen molar-refractivity contribution in [3.05, 3.63) is 23.8 Å². The van der Waals surface area contributed by atoms with Crippen molar-refractivity contribution in [2.45, 2.75) is 18.9 Å². The molecule has 0 aliphatic heterocycles. The summed E-state index contributed by atoms with van der Waals surface area (Å²) in [5, 5.41) is 9.23. The van der Waals surface area contributed by atoms with Gasteiger partial charge in [-0.05, 0) is 6.42 Å². The average molecular weight is 386 g/mol. The molecule has 0 aromatic rings. The minimum absolute atomic E-state index is 0.168. The zero-order valence-corrected chi connectivity index (χ0v) is 14.3. The number of hydrogen-bond acceptors (Lipinski definition) is 5. The van der Waals surface area contributed by atoms with Crippen molar-refractivity contribution in [2.24, 2.45) is 5.73 Å². The topological polar surface area (TPSA) is 199 Å². The van der Waals surface area contributed by atoms with E-state index in [0.717, 1.165) is 12.2 Å². The SMILES string of the molecule is NC(=O)CC[C@@H](C(=O)O)N(CC=CP(=O)(O)O)CC=CP(=O)(O)O. The summed E-state index contributed by atoms with van der Waals surface area (Å²) in [6.45, 7) is -0.460. The molecule has 0 heterocycles. The summed E-state index contributed by atoms with van der Waals surface area (Å²) in [6, 6.07) is -1.24. The molecular weight excluding hydrogens is 366 g/mol. The molecule has 0 fully saturated rings. The van der Waals surface area contributed by atoms with E-state index >= 15 is 0 Å². The molecule has 0 aliphatic carbocycles. The van der Waals surface area contributed by atoms with Crippen LogP contribution in [0.3, 0.4) is 0 Å². The summed E-state index contributed by atoms with van der Waals surface area (Å²) in [5.41, 5.74) is 4.97. The normalized spacial score (nSPS) is 14.5. The molecule has 0 unspecified atom stereocenters. The molecule has 0 saturated carbocycles. The zero-order valence-electron chi connectivity index (χ0n) is 12.5. The number of primary amides is 1. The van der Waals surface area contributed by atoms with E-state index in [4.69, 9.17) is 25.3 Å². The Morgan fingerprint density at radius 3 is 1.71 bits per heavy atom. The van der Waals surface area contributed by atoms with Crippen LogP contribution in [0.2, 0.25) is 0 Å². The second kappa shape index (κ2) is 9.85. The van der Waals surface area contributed by atoms with Gasteiger partial charge in [0.2, 0.25) is 5.91 Å². The number of hydrogen-bond donors (Lipinski definition) is 6. The van der Waals surface area contributed by atoms with Crippen LogP contribution in [0, 0.1) is 0 Å². The first-order valence-corrected chi connectivity index (χ1v) is 9.89. The minimum atomic E-state index is -4.43. The zero-order chi connectivity index (χ0) is 19.0. The quantitative estimate of drug-likeness (QED) is 0.249. The summed E-state index contributed by atoms with van der Waals surface area (Å²) < 4.78 is 21.5. The molecule has 0 radical (unpaired) electrons. The molecule has 0 aromatic heterocycles. The monoisotopic (exact) mass is 386 g/mol. The van der Waals surface area contributed by atoms with Crippen molar-refractivity contribution >= 4 is 27.1 Å². The Morgan fingerprint density at radius 2 is 1.42 bits per heavy atom. The van der Waals surface area contributed by atoms with Gasteiger partial charge in [-0.25, -0.2) is 0 Å². The number of nitrogens with two attached hydrogens (primary N) is 1. The lowest BCUT2D eigenvalue weighted by Gasteiger charge is -2.26. The molecular formula is C11H20N2O9P2. The molecule has 13 heteroatoms. The number of rotatable bonds is 11. The first-order valence-electron chi connectivity index (χ1n) is 6.53. The van der Waals surface area contributed by atoms with Gasteiger partial charge in [0.25, 0.3) is 0 Å². The molecule has 0 saturated heterocycles. The van der Waals surface area contributed by atoms with Gasteiger partial charge in [0.15, 0.2) is 0 Å². The van der Waals surface area contributed by atoms with E-state index in [1.54, 1.807) is 0 Å². The Balaban J connectivity index is 5.23. The van der Waals surface area contributed by atoms with Gasteiger partial charge in [-0.3, -0.25) is 23.6 Å². The van der Waals surface area contributed by atoms with Gasteiger partial charge in [0.1, 0.15) is 6.04 Å². The van der Waals surface area contributed by atoms with Crippen LogP contribution in [0.25, 0.3) is 0 Å². The van der Waals surface area contributed by atoms with Crippen LogP contribution in [0.5, 0.6) is 0 Å². The molecule has 7 N–H and O–H groups in total. The van der Waals surface area contributed by atoms with Crippen molar-refractivity contribution in [1.82, 2.24) is 4.90 Å². The minimum Gasteiger partial charge on any atom is -0.480 e. The maximum Gasteiger partial charge on any atom is 0.348 e. The lowest BCUT2D eigenvalue weighted by Crippen LogP contribution is -2.42. The maximum absolute atomic E-state index is 11.3. The molecule has 0 aliphatic rings. The highest BCUT2D eigenvalue weighted by Crippen LogP contribution is 2.36. The fourth-order valence-electron chi connectivity index (χ4n) is 1.71. The van der Waals surface area contributed by atoms with Gasteiger partial charge < -0.3 is 30.4 Å². The Kier molecular flexibility index (Phi) is 9.31. The summed E-state index contributed by atoms with van der Waals surface area (Å²) in [4.78, 5) is 58.3. The van der Waals surface area contributed by atoms with E-state index in [9.17, 15) is 23.8 Å². The molecule has 0 aromatic carbocycles. The first-order chi connectivity index (χ1) is 10.8. The largest absolute Gasteiger partial charge is 0.480 e. The van der Waals surface area contributed by atoms with Crippen molar-refractivity contribution in [1.29, 1.82) is 0 Å². The highest BCUT2D eigenvalue weighted by atomic mass is 31.2. The number of carbonyl (C=O) groups excluding carboxylic acids is 1. The molecule has 24 heavy (non-hydrogen) atoms. The van der Waals surface area contributed by atoms with Crippen molar-refractivity contribution in [2.75, 3.05) is 13.1 Å². The highest BCUT2D eigenvalue weighted by molar-refractivity contribution is 7.55. The van der Waals surface area contributed by atoms with Crippen molar-refractivity contribution in [3.8, 4) is 0 Å². The summed E-state index contributed by atoms with van der Waals surface area (Å²) >= 11 is 0. The van der Waals surface area contributed by atoms with E-state index in [0.29, 0.717) is 11.6 Å². The first kappa shape index (κ1) is 22.7. The van der Waals surface area contributed by atoms with Gasteiger partial charge in [-0.1, -0.05) is 12.2 Å². The number of carbonyl (C=O) groups is 2. The standard InChI is InChI=1S/C11H20N2O9P2/c12-10(14)4-3-9(11(15)16)13(5-1-7-23(17,18)19)6-2-8-24(20,21)22/h1-2,7-9H,3-6H2,(H2,12,14)(H,15,16)(H2,17,18,19)(H2,20,21,22)/t9-/m0/s1. The Hall–Kier alpha value is -1.32. The fraction of sp³-hybridized carbons (Fsp3) is 0.455. The Labute approximate surface area is 137 Å². The third kappa shape index (κ3) is 12.1. The molecule has 1 amide bonds. The van der Waals surface area contributed by atoms with Gasteiger partial charge in [0, 0.05) is 31.1 Å². The molecule has 138 valence electrons. The van der Waals surface area contributed by atoms with Crippen LogP contribution in [-0.2, 0) is 18.7 Å². The number of aliphatic carboxylic acids is 1. The van der Waals surface area contributed by atoms with Crippen LogP contribution >= 0.6 is 15.2 Å². The molecule has 1 atom stereocenters. The summed E-state index contributed by atoms with van der Waals surface area (Å²) in [7, 11) is -8.86. The Bertz CT molecular complexity index is 558. The smallest absolute Gasteiger partial charge is 0.348 e. The van der Waals surface area contributed by atoms with E-state index < -0.39 is 33.1 Å².